The Bertz CT molecular complexity index is 449. The fourth-order valence-corrected chi connectivity index (χ4v) is 1.74. The van der Waals surface area contributed by atoms with E-state index in [0.29, 0.717) is 17.7 Å². The van der Waals surface area contributed by atoms with Gasteiger partial charge >= 0.3 is 0 Å². The quantitative estimate of drug-likeness (QED) is 0.497. The van der Waals surface area contributed by atoms with Crippen LogP contribution >= 0.6 is 23.4 Å². The smallest absolute Gasteiger partial charge is 0.234 e. The fraction of sp³-hybridized carbons (Fsp3) is 0.333. The minimum absolute atomic E-state index is 0.0929. The van der Waals surface area contributed by atoms with Crippen molar-refractivity contribution in [3.8, 4) is 5.75 Å². The zero-order valence-corrected chi connectivity index (χ0v) is 11.3. The van der Waals surface area contributed by atoms with Crippen molar-refractivity contribution >= 4 is 35.1 Å². The molecule has 0 saturated carbocycles. The molecule has 0 radical (unpaired) electrons. The molecule has 4 nitrogen and oxygen atoms in total. The summed E-state index contributed by atoms with van der Waals surface area (Å²) in [7, 11) is 1.48. The topological polar surface area (TPSA) is 55.4 Å². The second-order valence-electron chi connectivity index (χ2n) is 3.61. The highest BCUT2D eigenvalue weighted by Gasteiger charge is 2.12. The Hall–Kier alpha value is -1.26. The maximum absolute atomic E-state index is 11.5. The number of rotatable bonds is 6. The third kappa shape index (κ3) is 3.89. The van der Waals surface area contributed by atoms with Gasteiger partial charge in [-0.15, -0.1) is 11.6 Å². The Labute approximate surface area is 115 Å². The Morgan fingerprint density at radius 2 is 2.11 bits per heavy atom. The van der Waals surface area contributed by atoms with E-state index in [1.165, 1.54) is 7.11 Å². The molecule has 0 spiro atoms. The molecule has 0 aromatic heterocycles. The monoisotopic (exact) mass is 289 g/mol. The average molecular weight is 290 g/mol. The van der Waals surface area contributed by atoms with Gasteiger partial charge in [-0.3, -0.25) is 14.4 Å². The second-order valence-corrected chi connectivity index (χ2v) is 4.07. The standard InChI is InChI=1S/C12H13Cl2NO3/c1-18-11-6-8(3-5-12(17)15-14)2-4-9(11)10(16)7-13/h2,4,6H,3,5,7H2,1H3,(H,15,17). The predicted octanol–water partition coefficient (Wildman–Crippen LogP) is 2.32. The predicted molar refractivity (Wildman–Crippen MR) is 70.4 cm³/mol. The number of Topliss-reactive ketones (excluding diaryl/α,β-unsaturated/α-hetero) is 1. The number of hydrogen-bond donors (Lipinski definition) is 1. The Morgan fingerprint density at radius 3 is 2.67 bits per heavy atom. The van der Waals surface area contributed by atoms with Crippen LogP contribution in [0.5, 0.6) is 5.75 Å². The van der Waals surface area contributed by atoms with Crippen molar-refractivity contribution in [2.45, 2.75) is 12.8 Å². The largest absolute Gasteiger partial charge is 0.496 e. The third-order valence-electron chi connectivity index (χ3n) is 2.43. The van der Waals surface area contributed by atoms with E-state index in [2.05, 4.69) is 0 Å². The van der Waals surface area contributed by atoms with Crippen molar-refractivity contribution in [3.63, 3.8) is 0 Å². The Morgan fingerprint density at radius 1 is 1.39 bits per heavy atom. The lowest BCUT2D eigenvalue weighted by molar-refractivity contribution is -0.119. The van der Waals surface area contributed by atoms with Crippen molar-refractivity contribution in [1.82, 2.24) is 4.84 Å². The third-order valence-corrected chi connectivity index (χ3v) is 2.89. The van der Waals surface area contributed by atoms with Crippen molar-refractivity contribution in [2.24, 2.45) is 0 Å². The molecular formula is C12H13Cl2NO3. The van der Waals surface area contributed by atoms with Gasteiger partial charge in [0.05, 0.1) is 18.6 Å². The van der Waals surface area contributed by atoms with Crippen LogP contribution in [0.2, 0.25) is 0 Å². The van der Waals surface area contributed by atoms with E-state index in [-0.39, 0.29) is 24.0 Å². The molecule has 1 aromatic carbocycles. The van der Waals surface area contributed by atoms with Crippen LogP contribution in [0.25, 0.3) is 0 Å². The number of ketones is 1. The van der Waals surface area contributed by atoms with Gasteiger partial charge < -0.3 is 4.74 Å². The molecule has 18 heavy (non-hydrogen) atoms. The van der Waals surface area contributed by atoms with E-state index in [9.17, 15) is 9.59 Å². The summed E-state index contributed by atoms with van der Waals surface area (Å²) in [6.45, 7) is 0. The van der Waals surface area contributed by atoms with Gasteiger partial charge in [-0.05, 0) is 24.1 Å². The first-order chi connectivity index (χ1) is 8.62. The van der Waals surface area contributed by atoms with Crippen LogP contribution in [-0.4, -0.2) is 24.7 Å². The van der Waals surface area contributed by atoms with Crippen LogP contribution in [-0.2, 0) is 11.2 Å². The number of benzene rings is 1. The number of hydrogen-bond acceptors (Lipinski definition) is 3. The van der Waals surface area contributed by atoms with Crippen molar-refractivity contribution < 1.29 is 14.3 Å². The fourth-order valence-electron chi connectivity index (χ4n) is 1.50. The van der Waals surface area contributed by atoms with Gasteiger partial charge in [0.1, 0.15) is 5.75 Å². The zero-order chi connectivity index (χ0) is 13.5. The molecule has 0 saturated heterocycles. The number of carbonyl (C=O) groups excluding carboxylic acids is 2. The van der Waals surface area contributed by atoms with E-state index in [0.717, 1.165) is 5.56 Å². The van der Waals surface area contributed by atoms with Crippen LogP contribution in [0.15, 0.2) is 18.2 Å². The molecule has 0 aliphatic carbocycles. The normalized spacial score (nSPS) is 9.94. The first-order valence-electron chi connectivity index (χ1n) is 5.28. The number of halogens is 2. The molecule has 1 rings (SSSR count). The number of carbonyl (C=O) groups is 2. The van der Waals surface area contributed by atoms with Crippen molar-refractivity contribution in [2.75, 3.05) is 13.0 Å². The van der Waals surface area contributed by atoms with Gasteiger partial charge in [-0.2, -0.15) is 0 Å². The van der Waals surface area contributed by atoms with Crippen LogP contribution in [0, 0.1) is 0 Å². The second kappa shape index (κ2) is 7.24. The first kappa shape index (κ1) is 14.8. The first-order valence-corrected chi connectivity index (χ1v) is 6.19. The van der Waals surface area contributed by atoms with Gasteiger partial charge in [-0.25, -0.2) is 0 Å². The summed E-state index contributed by atoms with van der Waals surface area (Å²) >= 11 is 10.7. The number of methoxy groups -OCH3 is 1. The van der Waals surface area contributed by atoms with Gasteiger partial charge in [0.25, 0.3) is 0 Å². The molecule has 0 aliphatic heterocycles. The van der Waals surface area contributed by atoms with Gasteiger partial charge in [-0.1, -0.05) is 6.07 Å². The number of alkyl halides is 1. The van der Waals surface area contributed by atoms with Gasteiger partial charge in [0, 0.05) is 18.2 Å². The number of aryl methyl sites for hydroxylation is 1. The van der Waals surface area contributed by atoms with Crippen LogP contribution in [0.3, 0.4) is 0 Å². The lowest BCUT2D eigenvalue weighted by Crippen LogP contribution is -2.12. The molecule has 0 fully saturated rings. The van der Waals surface area contributed by atoms with Crippen molar-refractivity contribution in [1.29, 1.82) is 0 Å². The molecule has 1 amide bonds. The molecule has 0 atom stereocenters. The Kier molecular flexibility index (Phi) is 5.95. The maximum Gasteiger partial charge on any atom is 0.234 e. The van der Waals surface area contributed by atoms with E-state index in [1.807, 2.05) is 4.84 Å². The maximum atomic E-state index is 11.5. The Balaban J connectivity index is 2.85. The summed E-state index contributed by atoms with van der Waals surface area (Å²) in [5.41, 5.74) is 1.33. The minimum atomic E-state index is -0.253. The summed E-state index contributed by atoms with van der Waals surface area (Å²) in [4.78, 5) is 24.6. The average Bonchev–Trinajstić information content (AvgIpc) is 2.43. The SMILES string of the molecule is COc1cc(CCC(=O)NCl)ccc1C(=O)CCl. The summed E-state index contributed by atoms with van der Waals surface area (Å²) in [6, 6.07) is 5.14. The molecule has 6 heteroatoms. The molecule has 0 bridgehead atoms. The van der Waals surface area contributed by atoms with Gasteiger partial charge in [0.2, 0.25) is 5.91 Å². The highest BCUT2D eigenvalue weighted by atomic mass is 35.5. The highest BCUT2D eigenvalue weighted by molar-refractivity contribution is 6.30. The summed E-state index contributed by atoms with van der Waals surface area (Å²) in [6.07, 6.45) is 0.791. The molecule has 0 unspecified atom stereocenters. The van der Waals surface area contributed by atoms with Crippen LogP contribution in [0.4, 0.5) is 0 Å². The molecule has 0 heterocycles. The molecule has 1 N–H and O–H groups in total. The van der Waals surface area contributed by atoms with E-state index < -0.39 is 0 Å². The zero-order valence-electron chi connectivity index (χ0n) is 9.83. The molecule has 0 aliphatic rings. The summed E-state index contributed by atoms with van der Waals surface area (Å²) in [5, 5.41) is 0. The molecule has 1 aromatic rings. The lowest BCUT2D eigenvalue weighted by atomic mass is 10.0. The summed E-state index contributed by atoms with van der Waals surface area (Å²) in [5.74, 6) is -0.0794. The minimum Gasteiger partial charge on any atom is -0.496 e. The number of ether oxygens (including phenoxy) is 1. The highest BCUT2D eigenvalue weighted by Crippen LogP contribution is 2.22. The number of nitrogens with one attached hydrogen (secondary N) is 1. The van der Waals surface area contributed by atoms with Gasteiger partial charge in [0.15, 0.2) is 5.78 Å². The molecular weight excluding hydrogens is 277 g/mol. The van der Waals surface area contributed by atoms with E-state index >= 15 is 0 Å². The summed E-state index contributed by atoms with van der Waals surface area (Å²) < 4.78 is 5.14. The molecule has 98 valence electrons. The van der Waals surface area contributed by atoms with E-state index in [1.54, 1.807) is 18.2 Å². The van der Waals surface area contributed by atoms with E-state index in [4.69, 9.17) is 28.1 Å². The number of amides is 1. The lowest BCUT2D eigenvalue weighted by Gasteiger charge is -2.08. The van der Waals surface area contributed by atoms with Crippen LogP contribution < -0.4 is 9.57 Å². The van der Waals surface area contributed by atoms with Crippen molar-refractivity contribution in [3.05, 3.63) is 29.3 Å². The van der Waals surface area contributed by atoms with Crippen LogP contribution in [0.1, 0.15) is 22.3 Å².